The highest BCUT2D eigenvalue weighted by Gasteiger charge is 2.27. The zero-order valence-electron chi connectivity index (χ0n) is 18.2. The maximum absolute atomic E-state index is 13.4. The summed E-state index contributed by atoms with van der Waals surface area (Å²) in [5.74, 6) is -0.358. The van der Waals surface area contributed by atoms with Crippen molar-refractivity contribution in [3.05, 3.63) is 95.0 Å². The molecule has 0 heterocycles. The van der Waals surface area contributed by atoms with Crippen LogP contribution in [0.3, 0.4) is 0 Å². The van der Waals surface area contributed by atoms with Crippen LogP contribution in [0.25, 0.3) is 0 Å². The van der Waals surface area contributed by atoms with Crippen LogP contribution in [0.1, 0.15) is 24.5 Å². The van der Waals surface area contributed by atoms with Crippen molar-refractivity contribution in [2.45, 2.75) is 37.6 Å². The van der Waals surface area contributed by atoms with E-state index >= 15 is 0 Å². The average molecular weight is 471 g/mol. The van der Waals surface area contributed by atoms with E-state index in [0.717, 1.165) is 22.7 Å². The van der Waals surface area contributed by atoms with Crippen LogP contribution in [0.5, 0.6) is 0 Å². The molecule has 0 saturated carbocycles. The minimum absolute atomic E-state index is 0.0763. The van der Waals surface area contributed by atoms with Gasteiger partial charge in [0.25, 0.3) is 10.0 Å². The number of anilines is 1. The van der Waals surface area contributed by atoms with E-state index in [-0.39, 0.29) is 23.4 Å². The number of hydrogen-bond donors (Lipinski definition) is 1. The lowest BCUT2D eigenvalue weighted by Gasteiger charge is -2.25. The van der Waals surface area contributed by atoms with Gasteiger partial charge in [-0.25, -0.2) is 8.42 Å². The van der Waals surface area contributed by atoms with Gasteiger partial charge >= 0.3 is 0 Å². The van der Waals surface area contributed by atoms with Crippen molar-refractivity contribution in [3.8, 4) is 0 Å². The molecule has 168 valence electrons. The van der Waals surface area contributed by atoms with Gasteiger partial charge in [0, 0.05) is 11.1 Å². The molecular weight excluding hydrogens is 444 g/mol. The van der Waals surface area contributed by atoms with Gasteiger partial charge in [0.15, 0.2) is 0 Å². The van der Waals surface area contributed by atoms with E-state index in [4.69, 9.17) is 11.6 Å². The Balaban J connectivity index is 1.75. The van der Waals surface area contributed by atoms with Crippen LogP contribution < -0.4 is 9.62 Å². The number of carbonyl (C=O) groups is 1. The third-order valence-corrected chi connectivity index (χ3v) is 7.17. The van der Waals surface area contributed by atoms with Crippen molar-refractivity contribution in [1.82, 2.24) is 5.32 Å². The zero-order chi connectivity index (χ0) is 23.1. The van der Waals surface area contributed by atoms with Gasteiger partial charge in [-0.3, -0.25) is 9.10 Å². The predicted molar refractivity (Wildman–Crippen MR) is 130 cm³/mol. The fourth-order valence-corrected chi connectivity index (χ4v) is 4.86. The fraction of sp³-hybridized carbons (Fsp3) is 0.240. The Morgan fingerprint density at radius 3 is 2.22 bits per heavy atom. The topological polar surface area (TPSA) is 66.5 Å². The van der Waals surface area contributed by atoms with Gasteiger partial charge in [-0.2, -0.15) is 0 Å². The zero-order valence-corrected chi connectivity index (χ0v) is 19.7. The van der Waals surface area contributed by atoms with Gasteiger partial charge in [0.1, 0.15) is 6.54 Å². The number of nitrogens with one attached hydrogen (secondary N) is 1. The molecule has 0 saturated heterocycles. The Morgan fingerprint density at radius 2 is 1.59 bits per heavy atom. The summed E-state index contributed by atoms with van der Waals surface area (Å²) in [6.45, 7) is 3.53. The first-order chi connectivity index (χ1) is 15.3. The quantitative estimate of drug-likeness (QED) is 0.479. The molecule has 0 radical (unpaired) electrons. The molecule has 0 aliphatic rings. The predicted octanol–water partition coefficient (Wildman–Crippen LogP) is 4.98. The maximum Gasteiger partial charge on any atom is 0.264 e. The number of benzene rings is 3. The van der Waals surface area contributed by atoms with Gasteiger partial charge in [0.05, 0.1) is 10.6 Å². The summed E-state index contributed by atoms with van der Waals surface area (Å²) in [6, 6.07) is 22.9. The molecule has 0 aromatic heterocycles. The lowest BCUT2D eigenvalue weighted by Crippen LogP contribution is -2.43. The van der Waals surface area contributed by atoms with Crippen LogP contribution in [0.2, 0.25) is 5.02 Å². The lowest BCUT2D eigenvalue weighted by atomic mass is 10.1. The second-order valence-corrected chi connectivity index (χ2v) is 10.1. The summed E-state index contributed by atoms with van der Waals surface area (Å²) >= 11 is 5.92. The van der Waals surface area contributed by atoms with E-state index in [1.807, 2.05) is 56.3 Å². The third kappa shape index (κ3) is 6.34. The summed E-state index contributed by atoms with van der Waals surface area (Å²) in [5, 5.41) is 3.37. The molecule has 3 rings (SSSR count). The first-order valence-electron chi connectivity index (χ1n) is 10.4. The summed E-state index contributed by atoms with van der Waals surface area (Å²) < 4.78 is 27.9. The number of halogens is 1. The Kier molecular flexibility index (Phi) is 7.94. The molecule has 0 fully saturated rings. The first-order valence-corrected chi connectivity index (χ1v) is 12.3. The molecular formula is C25H27ClN2O3S. The molecule has 0 spiro atoms. The summed E-state index contributed by atoms with van der Waals surface area (Å²) in [6.07, 6.45) is 1.58. The maximum atomic E-state index is 13.4. The van der Waals surface area contributed by atoms with E-state index in [0.29, 0.717) is 10.7 Å². The van der Waals surface area contributed by atoms with Crippen molar-refractivity contribution >= 4 is 33.2 Å². The smallest absolute Gasteiger partial charge is 0.264 e. The van der Waals surface area contributed by atoms with Crippen LogP contribution in [0, 0.1) is 6.92 Å². The highest BCUT2D eigenvalue weighted by Crippen LogP contribution is 2.25. The minimum Gasteiger partial charge on any atom is -0.352 e. The SMILES string of the molecule is Cc1ccc(N(CC(=O)N[C@@H](C)CCc2ccccc2)S(=O)(=O)c2ccc(Cl)cc2)cc1. The highest BCUT2D eigenvalue weighted by molar-refractivity contribution is 7.92. The fourth-order valence-electron chi connectivity index (χ4n) is 3.31. The number of aryl methyl sites for hydroxylation is 2. The van der Waals surface area contributed by atoms with Crippen molar-refractivity contribution in [3.63, 3.8) is 0 Å². The Morgan fingerprint density at radius 1 is 0.969 bits per heavy atom. The molecule has 3 aromatic carbocycles. The summed E-state index contributed by atoms with van der Waals surface area (Å²) in [5.41, 5.74) is 2.62. The molecule has 1 N–H and O–H groups in total. The minimum atomic E-state index is -3.96. The van der Waals surface area contributed by atoms with Gasteiger partial charge in [-0.1, -0.05) is 59.6 Å². The highest BCUT2D eigenvalue weighted by atomic mass is 35.5. The Labute approximate surface area is 195 Å². The van der Waals surface area contributed by atoms with E-state index < -0.39 is 10.0 Å². The summed E-state index contributed by atoms with van der Waals surface area (Å²) in [4.78, 5) is 12.9. The second kappa shape index (κ2) is 10.7. The molecule has 7 heteroatoms. The molecule has 1 atom stereocenters. The summed E-state index contributed by atoms with van der Waals surface area (Å²) in [7, 11) is -3.96. The van der Waals surface area contributed by atoms with Crippen molar-refractivity contribution in [1.29, 1.82) is 0 Å². The number of rotatable bonds is 9. The molecule has 0 bridgehead atoms. The van der Waals surface area contributed by atoms with Crippen LogP contribution >= 0.6 is 11.6 Å². The molecule has 1 amide bonds. The molecule has 32 heavy (non-hydrogen) atoms. The van der Waals surface area contributed by atoms with Crippen molar-refractivity contribution in [2.24, 2.45) is 0 Å². The van der Waals surface area contributed by atoms with Crippen LogP contribution in [-0.2, 0) is 21.2 Å². The van der Waals surface area contributed by atoms with Crippen molar-refractivity contribution in [2.75, 3.05) is 10.8 Å². The number of hydrogen-bond acceptors (Lipinski definition) is 3. The average Bonchev–Trinajstić information content (AvgIpc) is 2.78. The molecule has 3 aromatic rings. The molecule has 0 aliphatic carbocycles. The Hall–Kier alpha value is -2.83. The normalized spacial score (nSPS) is 12.2. The molecule has 0 unspecified atom stereocenters. The Bertz CT molecular complexity index is 1130. The van der Waals surface area contributed by atoms with Crippen LogP contribution in [-0.4, -0.2) is 26.9 Å². The first kappa shape index (κ1) is 23.8. The number of nitrogens with zero attached hydrogens (tertiary/aromatic N) is 1. The van der Waals surface area contributed by atoms with Gasteiger partial charge in [-0.05, 0) is 68.7 Å². The monoisotopic (exact) mass is 470 g/mol. The van der Waals surface area contributed by atoms with Crippen LogP contribution in [0.4, 0.5) is 5.69 Å². The van der Waals surface area contributed by atoms with E-state index in [1.54, 1.807) is 12.1 Å². The van der Waals surface area contributed by atoms with E-state index in [1.165, 1.54) is 29.8 Å². The number of sulfonamides is 1. The van der Waals surface area contributed by atoms with E-state index in [2.05, 4.69) is 5.32 Å². The largest absolute Gasteiger partial charge is 0.352 e. The third-order valence-electron chi connectivity index (χ3n) is 5.13. The van der Waals surface area contributed by atoms with Crippen molar-refractivity contribution < 1.29 is 13.2 Å². The lowest BCUT2D eigenvalue weighted by molar-refractivity contribution is -0.120. The van der Waals surface area contributed by atoms with Gasteiger partial charge < -0.3 is 5.32 Å². The standard InChI is InChI=1S/C25H27ClN2O3S/c1-19-8-14-23(15-9-19)28(32(30,31)24-16-12-22(26)13-17-24)18-25(29)27-20(2)10-11-21-6-4-3-5-7-21/h3-9,12-17,20H,10-11,18H2,1-2H3,(H,27,29)/t20-/m0/s1. The van der Waals surface area contributed by atoms with Gasteiger partial charge in [-0.15, -0.1) is 0 Å². The number of amides is 1. The molecule has 0 aliphatic heterocycles. The van der Waals surface area contributed by atoms with Crippen LogP contribution in [0.15, 0.2) is 83.8 Å². The van der Waals surface area contributed by atoms with E-state index in [9.17, 15) is 13.2 Å². The second-order valence-electron chi connectivity index (χ2n) is 7.79. The van der Waals surface area contributed by atoms with Gasteiger partial charge in [0.2, 0.25) is 5.91 Å². The molecule has 5 nitrogen and oxygen atoms in total. The number of carbonyl (C=O) groups excluding carboxylic acids is 1.